The summed E-state index contributed by atoms with van der Waals surface area (Å²) in [7, 11) is 1.54. The molecule has 0 saturated carbocycles. The Morgan fingerprint density at radius 1 is 1.11 bits per heavy atom. The standard InChI is InChI=1S/C20H23Cl2FN2O3/c1-4-25(5-2)8-9-28-19-10-13(6-7-18(19)27-3)24-20(26)14-11-17(23)16(22)12-15(14)21/h6-7,10-12H,4-5,8-9H2,1-3H3,(H,24,26). The topological polar surface area (TPSA) is 50.8 Å². The Morgan fingerprint density at radius 2 is 1.82 bits per heavy atom. The summed E-state index contributed by atoms with van der Waals surface area (Å²) in [5.41, 5.74) is 0.457. The Morgan fingerprint density at radius 3 is 2.46 bits per heavy atom. The summed E-state index contributed by atoms with van der Waals surface area (Å²) in [4.78, 5) is 14.7. The highest BCUT2D eigenvalue weighted by atomic mass is 35.5. The minimum absolute atomic E-state index is 0.0108. The van der Waals surface area contributed by atoms with Crippen molar-refractivity contribution in [3.8, 4) is 11.5 Å². The zero-order valence-corrected chi connectivity index (χ0v) is 17.5. The molecular formula is C20H23Cl2FN2O3. The third-order valence-electron chi connectivity index (χ3n) is 4.24. The Kier molecular flexibility index (Phi) is 8.35. The number of likely N-dealkylation sites (N-methyl/N-ethyl adjacent to an activating group) is 1. The number of carbonyl (C=O) groups excluding carboxylic acids is 1. The first kappa shape index (κ1) is 22.3. The molecule has 0 bridgehead atoms. The highest BCUT2D eigenvalue weighted by molar-refractivity contribution is 6.37. The third kappa shape index (κ3) is 5.74. The summed E-state index contributed by atoms with van der Waals surface area (Å²) in [6.07, 6.45) is 0. The number of hydrogen-bond donors (Lipinski definition) is 1. The number of ether oxygens (including phenoxy) is 2. The van der Waals surface area contributed by atoms with Crippen LogP contribution in [0.3, 0.4) is 0 Å². The van der Waals surface area contributed by atoms with Gasteiger partial charge >= 0.3 is 0 Å². The molecule has 0 fully saturated rings. The van der Waals surface area contributed by atoms with Gasteiger partial charge < -0.3 is 19.7 Å². The summed E-state index contributed by atoms with van der Waals surface area (Å²) in [5.74, 6) is -0.222. The van der Waals surface area contributed by atoms with Crippen molar-refractivity contribution in [1.29, 1.82) is 0 Å². The van der Waals surface area contributed by atoms with Crippen molar-refractivity contribution < 1.29 is 18.7 Å². The zero-order chi connectivity index (χ0) is 20.7. The van der Waals surface area contributed by atoms with Crippen molar-refractivity contribution in [3.05, 3.63) is 51.8 Å². The normalized spacial score (nSPS) is 10.8. The monoisotopic (exact) mass is 428 g/mol. The first-order chi connectivity index (χ1) is 13.4. The van der Waals surface area contributed by atoms with Crippen LogP contribution in [-0.4, -0.2) is 44.2 Å². The average Bonchev–Trinajstić information content (AvgIpc) is 2.68. The quantitative estimate of drug-likeness (QED) is 0.563. The van der Waals surface area contributed by atoms with Gasteiger partial charge in [0.15, 0.2) is 11.5 Å². The zero-order valence-electron chi connectivity index (χ0n) is 16.0. The molecule has 0 heterocycles. The van der Waals surface area contributed by atoms with Gasteiger partial charge in [0.05, 0.1) is 22.7 Å². The predicted molar refractivity (Wildman–Crippen MR) is 111 cm³/mol. The molecule has 0 unspecified atom stereocenters. The van der Waals surface area contributed by atoms with Crippen LogP contribution in [0.4, 0.5) is 10.1 Å². The molecule has 1 N–H and O–H groups in total. The molecular weight excluding hydrogens is 406 g/mol. The molecule has 8 heteroatoms. The van der Waals surface area contributed by atoms with Crippen molar-refractivity contribution in [2.75, 3.05) is 38.7 Å². The molecule has 0 aliphatic heterocycles. The van der Waals surface area contributed by atoms with Crippen LogP contribution in [0.2, 0.25) is 10.0 Å². The molecule has 2 aromatic rings. The van der Waals surface area contributed by atoms with E-state index in [0.29, 0.717) is 23.8 Å². The average molecular weight is 429 g/mol. The fourth-order valence-corrected chi connectivity index (χ4v) is 3.06. The number of nitrogens with zero attached hydrogens (tertiary/aromatic N) is 1. The summed E-state index contributed by atoms with van der Waals surface area (Å²) in [5, 5.41) is 2.60. The smallest absolute Gasteiger partial charge is 0.257 e. The maximum Gasteiger partial charge on any atom is 0.257 e. The van der Waals surface area contributed by atoms with Crippen molar-refractivity contribution in [3.63, 3.8) is 0 Å². The first-order valence-electron chi connectivity index (χ1n) is 8.88. The molecule has 2 rings (SSSR count). The van der Waals surface area contributed by atoms with E-state index < -0.39 is 11.7 Å². The largest absolute Gasteiger partial charge is 0.493 e. The summed E-state index contributed by atoms with van der Waals surface area (Å²) in [6.45, 7) is 7.29. The number of benzene rings is 2. The number of amides is 1. The van der Waals surface area contributed by atoms with E-state index in [9.17, 15) is 9.18 Å². The number of nitrogens with one attached hydrogen (secondary N) is 1. The van der Waals surface area contributed by atoms with E-state index in [2.05, 4.69) is 24.1 Å². The summed E-state index contributed by atoms with van der Waals surface area (Å²) < 4.78 is 24.8. The summed E-state index contributed by atoms with van der Waals surface area (Å²) >= 11 is 11.7. The Balaban J connectivity index is 2.13. The lowest BCUT2D eigenvalue weighted by atomic mass is 10.2. The lowest BCUT2D eigenvalue weighted by Crippen LogP contribution is -2.28. The lowest BCUT2D eigenvalue weighted by Gasteiger charge is -2.19. The molecule has 0 radical (unpaired) electrons. The van der Waals surface area contributed by atoms with Crippen LogP contribution in [0.1, 0.15) is 24.2 Å². The van der Waals surface area contributed by atoms with Crippen LogP contribution in [0.25, 0.3) is 0 Å². The summed E-state index contributed by atoms with van der Waals surface area (Å²) in [6, 6.07) is 7.20. The molecule has 0 spiro atoms. The fourth-order valence-electron chi connectivity index (χ4n) is 2.59. The highest BCUT2D eigenvalue weighted by Gasteiger charge is 2.15. The molecule has 28 heavy (non-hydrogen) atoms. The van der Waals surface area contributed by atoms with E-state index in [4.69, 9.17) is 32.7 Å². The molecule has 0 atom stereocenters. The maximum atomic E-state index is 13.7. The van der Waals surface area contributed by atoms with Crippen LogP contribution in [0.5, 0.6) is 11.5 Å². The maximum absolute atomic E-state index is 13.7. The van der Waals surface area contributed by atoms with Gasteiger partial charge in [0.25, 0.3) is 5.91 Å². The second kappa shape index (κ2) is 10.5. The van der Waals surface area contributed by atoms with E-state index in [-0.39, 0.29) is 15.6 Å². The minimum Gasteiger partial charge on any atom is -0.493 e. The second-order valence-electron chi connectivity index (χ2n) is 5.94. The molecule has 5 nitrogen and oxygen atoms in total. The van der Waals surface area contributed by atoms with E-state index in [0.717, 1.165) is 25.7 Å². The molecule has 0 aliphatic carbocycles. The molecule has 0 aromatic heterocycles. The van der Waals surface area contributed by atoms with E-state index in [1.54, 1.807) is 25.3 Å². The number of hydrogen-bond acceptors (Lipinski definition) is 4. The van der Waals surface area contributed by atoms with Gasteiger partial charge in [0.1, 0.15) is 12.4 Å². The van der Waals surface area contributed by atoms with Gasteiger partial charge in [-0.3, -0.25) is 4.79 Å². The number of methoxy groups -OCH3 is 1. The fraction of sp³-hybridized carbons (Fsp3) is 0.350. The molecule has 0 saturated heterocycles. The van der Waals surface area contributed by atoms with Gasteiger partial charge in [-0.25, -0.2) is 4.39 Å². The van der Waals surface area contributed by atoms with E-state index in [1.165, 1.54) is 6.07 Å². The minimum atomic E-state index is -0.716. The van der Waals surface area contributed by atoms with Crippen LogP contribution in [0, 0.1) is 5.82 Å². The van der Waals surface area contributed by atoms with E-state index >= 15 is 0 Å². The van der Waals surface area contributed by atoms with Crippen molar-refractivity contribution in [2.45, 2.75) is 13.8 Å². The molecule has 1 amide bonds. The van der Waals surface area contributed by atoms with Crippen molar-refractivity contribution in [2.24, 2.45) is 0 Å². The number of rotatable bonds is 9. The first-order valence-corrected chi connectivity index (χ1v) is 9.64. The van der Waals surface area contributed by atoms with Gasteiger partial charge in [-0.15, -0.1) is 0 Å². The Labute approximate surface area is 174 Å². The SMILES string of the molecule is CCN(CC)CCOc1cc(NC(=O)c2cc(F)c(Cl)cc2Cl)ccc1OC. The Bertz CT molecular complexity index is 829. The van der Waals surface area contributed by atoms with Gasteiger partial charge in [-0.2, -0.15) is 0 Å². The second-order valence-corrected chi connectivity index (χ2v) is 6.76. The number of carbonyl (C=O) groups is 1. The lowest BCUT2D eigenvalue weighted by molar-refractivity contribution is 0.102. The van der Waals surface area contributed by atoms with Gasteiger partial charge in [0.2, 0.25) is 0 Å². The highest BCUT2D eigenvalue weighted by Crippen LogP contribution is 2.31. The van der Waals surface area contributed by atoms with Crippen LogP contribution >= 0.6 is 23.2 Å². The van der Waals surface area contributed by atoms with Crippen LogP contribution in [0.15, 0.2) is 30.3 Å². The molecule has 2 aromatic carbocycles. The van der Waals surface area contributed by atoms with Crippen LogP contribution in [-0.2, 0) is 0 Å². The van der Waals surface area contributed by atoms with E-state index in [1.807, 2.05) is 0 Å². The molecule has 152 valence electrons. The number of anilines is 1. The van der Waals surface area contributed by atoms with Gasteiger partial charge in [-0.05, 0) is 37.4 Å². The van der Waals surface area contributed by atoms with Gasteiger partial charge in [0, 0.05) is 18.3 Å². The van der Waals surface area contributed by atoms with Crippen molar-refractivity contribution >= 4 is 34.8 Å². The predicted octanol–water partition coefficient (Wildman–Crippen LogP) is 5.11. The third-order valence-corrected chi connectivity index (χ3v) is 4.84. The molecule has 0 aliphatic rings. The van der Waals surface area contributed by atoms with Gasteiger partial charge in [-0.1, -0.05) is 37.0 Å². The van der Waals surface area contributed by atoms with Crippen molar-refractivity contribution in [1.82, 2.24) is 4.90 Å². The number of halogens is 3. The Hall–Kier alpha value is -2.02. The van der Waals surface area contributed by atoms with Crippen LogP contribution < -0.4 is 14.8 Å².